The van der Waals surface area contributed by atoms with Gasteiger partial charge >= 0.3 is 0 Å². The van der Waals surface area contributed by atoms with Crippen LogP contribution >= 0.6 is 0 Å². The molecule has 3 N–H and O–H groups in total. The van der Waals surface area contributed by atoms with Crippen LogP contribution in [0.1, 0.15) is 0 Å². The van der Waals surface area contributed by atoms with Gasteiger partial charge in [-0.3, -0.25) is 0 Å². The van der Waals surface area contributed by atoms with Crippen LogP contribution in [-0.4, -0.2) is 53.1 Å². The third-order valence-corrected chi connectivity index (χ3v) is 1.88. The second-order valence-electron chi connectivity index (χ2n) is 2.87. The monoisotopic (exact) mass is 190 g/mol. The molecule has 0 aliphatic carbocycles. The summed E-state index contributed by atoms with van der Waals surface area (Å²) in [5.41, 5.74) is 0. The largest absolute Gasteiger partial charge is 0.387 e. The van der Waals surface area contributed by atoms with Crippen LogP contribution in [0.4, 0.5) is 0 Å². The zero-order valence-electron chi connectivity index (χ0n) is 7.17. The number of hydrogen-bond donors (Lipinski definition) is 3. The SMILES string of the molecule is C=CCO[C@@H]1CO[C@H](O)[C@H](O)[C@H]1O. The third kappa shape index (κ3) is 2.49. The molecule has 1 aliphatic heterocycles. The zero-order valence-corrected chi connectivity index (χ0v) is 7.17. The van der Waals surface area contributed by atoms with Crippen molar-refractivity contribution in [2.45, 2.75) is 24.6 Å². The normalized spacial score (nSPS) is 40.2. The maximum Gasteiger partial charge on any atom is 0.183 e. The predicted octanol–water partition coefficient (Wildman–Crippen LogP) is -1.37. The van der Waals surface area contributed by atoms with Crippen LogP contribution in [0.5, 0.6) is 0 Å². The lowest BCUT2D eigenvalue weighted by atomic mass is 10.1. The molecule has 0 bridgehead atoms. The van der Waals surface area contributed by atoms with Crippen LogP contribution < -0.4 is 0 Å². The van der Waals surface area contributed by atoms with Crippen molar-refractivity contribution in [3.05, 3.63) is 12.7 Å². The van der Waals surface area contributed by atoms with E-state index >= 15 is 0 Å². The Morgan fingerprint density at radius 1 is 1.38 bits per heavy atom. The first-order valence-electron chi connectivity index (χ1n) is 4.05. The molecule has 1 saturated heterocycles. The van der Waals surface area contributed by atoms with Crippen molar-refractivity contribution in [1.29, 1.82) is 0 Å². The molecule has 5 heteroatoms. The van der Waals surface area contributed by atoms with E-state index in [2.05, 4.69) is 6.58 Å². The molecule has 0 aromatic rings. The van der Waals surface area contributed by atoms with Crippen LogP contribution in [0, 0.1) is 0 Å². The molecule has 1 rings (SSSR count). The van der Waals surface area contributed by atoms with Gasteiger partial charge in [-0.25, -0.2) is 0 Å². The van der Waals surface area contributed by atoms with Crippen molar-refractivity contribution in [2.24, 2.45) is 0 Å². The average Bonchev–Trinajstić information content (AvgIpc) is 2.13. The second kappa shape index (κ2) is 4.69. The first-order chi connectivity index (χ1) is 6.16. The fourth-order valence-corrected chi connectivity index (χ4v) is 1.12. The highest BCUT2D eigenvalue weighted by atomic mass is 16.6. The van der Waals surface area contributed by atoms with Crippen molar-refractivity contribution < 1.29 is 24.8 Å². The van der Waals surface area contributed by atoms with E-state index in [1.807, 2.05) is 0 Å². The lowest BCUT2D eigenvalue weighted by Crippen LogP contribution is -2.53. The molecule has 0 radical (unpaired) electrons. The molecule has 1 fully saturated rings. The highest BCUT2D eigenvalue weighted by molar-refractivity contribution is 4.83. The van der Waals surface area contributed by atoms with E-state index < -0.39 is 24.6 Å². The predicted molar refractivity (Wildman–Crippen MR) is 43.9 cm³/mol. The van der Waals surface area contributed by atoms with Gasteiger partial charge in [0.05, 0.1) is 13.2 Å². The van der Waals surface area contributed by atoms with Crippen molar-refractivity contribution in [1.82, 2.24) is 0 Å². The first-order valence-corrected chi connectivity index (χ1v) is 4.05. The standard InChI is InChI=1S/C8H14O5/c1-2-3-12-5-4-13-8(11)7(10)6(5)9/h2,5-11H,1,3-4H2/t5-,6+,7-,8+/m1/s1. The summed E-state index contributed by atoms with van der Waals surface area (Å²) in [5, 5.41) is 27.6. The summed E-state index contributed by atoms with van der Waals surface area (Å²) < 4.78 is 9.86. The molecule has 0 spiro atoms. The highest BCUT2D eigenvalue weighted by Gasteiger charge is 2.37. The highest BCUT2D eigenvalue weighted by Crippen LogP contribution is 2.16. The number of rotatable bonds is 3. The lowest BCUT2D eigenvalue weighted by molar-refractivity contribution is -0.258. The maximum absolute atomic E-state index is 9.39. The second-order valence-corrected chi connectivity index (χ2v) is 2.87. The Balaban J connectivity index is 2.43. The summed E-state index contributed by atoms with van der Waals surface area (Å²) in [5.74, 6) is 0. The Labute approximate surface area is 76.2 Å². The fraction of sp³-hybridized carbons (Fsp3) is 0.750. The van der Waals surface area contributed by atoms with Gasteiger partial charge in [-0.15, -0.1) is 6.58 Å². The Hall–Kier alpha value is -0.460. The molecule has 0 aromatic carbocycles. The van der Waals surface area contributed by atoms with Crippen molar-refractivity contribution in [3.63, 3.8) is 0 Å². The average molecular weight is 190 g/mol. The third-order valence-electron chi connectivity index (χ3n) is 1.88. The molecule has 13 heavy (non-hydrogen) atoms. The van der Waals surface area contributed by atoms with Crippen LogP contribution in [0.2, 0.25) is 0 Å². The van der Waals surface area contributed by atoms with Gasteiger partial charge in [-0.05, 0) is 0 Å². The molecule has 0 unspecified atom stereocenters. The van der Waals surface area contributed by atoms with E-state index in [9.17, 15) is 10.2 Å². The number of aliphatic hydroxyl groups excluding tert-OH is 3. The zero-order chi connectivity index (χ0) is 9.84. The lowest BCUT2D eigenvalue weighted by Gasteiger charge is -2.34. The minimum atomic E-state index is -1.33. The van der Waals surface area contributed by atoms with Crippen LogP contribution in [0.3, 0.4) is 0 Å². The Morgan fingerprint density at radius 3 is 2.69 bits per heavy atom. The fourth-order valence-electron chi connectivity index (χ4n) is 1.12. The summed E-state index contributed by atoms with van der Waals surface area (Å²) >= 11 is 0. The van der Waals surface area contributed by atoms with Crippen molar-refractivity contribution in [3.8, 4) is 0 Å². The summed E-state index contributed by atoms with van der Waals surface area (Å²) in [6, 6.07) is 0. The Kier molecular flexibility index (Phi) is 3.83. The first kappa shape index (κ1) is 10.6. The minimum Gasteiger partial charge on any atom is -0.387 e. The number of ether oxygens (including phenoxy) is 2. The summed E-state index contributed by atoms with van der Waals surface area (Å²) in [6.45, 7) is 3.78. The van der Waals surface area contributed by atoms with Crippen LogP contribution in [-0.2, 0) is 9.47 Å². The number of hydrogen-bond acceptors (Lipinski definition) is 5. The molecular weight excluding hydrogens is 176 g/mol. The van der Waals surface area contributed by atoms with Gasteiger partial charge in [0.25, 0.3) is 0 Å². The van der Waals surface area contributed by atoms with Gasteiger partial charge in [-0.1, -0.05) is 6.08 Å². The van der Waals surface area contributed by atoms with Gasteiger partial charge in [-0.2, -0.15) is 0 Å². The topological polar surface area (TPSA) is 79.2 Å². The van der Waals surface area contributed by atoms with E-state index in [1.54, 1.807) is 0 Å². The van der Waals surface area contributed by atoms with E-state index in [1.165, 1.54) is 6.08 Å². The molecule has 1 aliphatic rings. The molecule has 1 heterocycles. The molecule has 76 valence electrons. The van der Waals surface area contributed by atoms with Crippen LogP contribution in [0.15, 0.2) is 12.7 Å². The smallest absolute Gasteiger partial charge is 0.183 e. The number of aliphatic hydroxyl groups is 3. The van der Waals surface area contributed by atoms with Gasteiger partial charge in [0.1, 0.15) is 18.3 Å². The molecule has 0 amide bonds. The summed E-state index contributed by atoms with van der Waals surface area (Å²) in [4.78, 5) is 0. The Bertz CT molecular complexity index is 172. The summed E-state index contributed by atoms with van der Waals surface area (Å²) in [6.07, 6.45) is -2.85. The van der Waals surface area contributed by atoms with E-state index in [0.29, 0.717) is 0 Å². The quantitative estimate of drug-likeness (QED) is 0.478. The maximum atomic E-state index is 9.39. The molecule has 5 nitrogen and oxygen atoms in total. The molecule has 4 atom stereocenters. The van der Waals surface area contributed by atoms with Crippen LogP contribution in [0.25, 0.3) is 0 Å². The molecule has 0 saturated carbocycles. The molecular formula is C8H14O5. The van der Waals surface area contributed by atoms with Crippen molar-refractivity contribution >= 4 is 0 Å². The van der Waals surface area contributed by atoms with Gasteiger partial charge in [0, 0.05) is 0 Å². The van der Waals surface area contributed by atoms with Gasteiger partial charge < -0.3 is 24.8 Å². The van der Waals surface area contributed by atoms with E-state index in [4.69, 9.17) is 14.6 Å². The Morgan fingerprint density at radius 2 is 2.08 bits per heavy atom. The van der Waals surface area contributed by atoms with Gasteiger partial charge in [0.2, 0.25) is 0 Å². The van der Waals surface area contributed by atoms with E-state index in [-0.39, 0.29) is 13.2 Å². The van der Waals surface area contributed by atoms with Crippen molar-refractivity contribution in [2.75, 3.05) is 13.2 Å². The van der Waals surface area contributed by atoms with Gasteiger partial charge in [0.15, 0.2) is 6.29 Å². The minimum absolute atomic E-state index is 0.0627. The summed E-state index contributed by atoms with van der Waals surface area (Å²) in [7, 11) is 0. The molecule has 0 aromatic heterocycles. The van der Waals surface area contributed by atoms with E-state index in [0.717, 1.165) is 0 Å².